The summed E-state index contributed by atoms with van der Waals surface area (Å²) in [7, 11) is 0. The first-order valence-corrected chi connectivity index (χ1v) is 11.3. The van der Waals surface area contributed by atoms with Crippen LogP contribution >= 0.6 is 0 Å². The van der Waals surface area contributed by atoms with E-state index in [1.54, 1.807) is 0 Å². The molecule has 4 aromatic rings. The lowest BCUT2D eigenvalue weighted by molar-refractivity contribution is 0.0711. The first kappa shape index (κ1) is 21.0. The van der Waals surface area contributed by atoms with Gasteiger partial charge in [0.05, 0.1) is 17.2 Å². The fraction of sp³-hybridized carbons (Fsp3) is 0.214. The molecule has 5 rings (SSSR count). The Morgan fingerprint density at radius 3 is 2.39 bits per heavy atom. The molecule has 1 aliphatic rings. The summed E-state index contributed by atoms with van der Waals surface area (Å²) < 4.78 is 0. The van der Waals surface area contributed by atoms with E-state index in [4.69, 9.17) is 5.73 Å². The lowest BCUT2D eigenvalue weighted by atomic mass is 9.91. The average molecular weight is 435 g/mol. The molecule has 0 saturated carbocycles. The van der Waals surface area contributed by atoms with Crippen LogP contribution in [0.3, 0.4) is 0 Å². The number of rotatable bonds is 3. The maximum absolute atomic E-state index is 13.4. The molecule has 0 unspecified atom stereocenters. The van der Waals surface area contributed by atoms with Crippen LogP contribution in [0.5, 0.6) is 0 Å². The van der Waals surface area contributed by atoms with Crippen LogP contribution in [0, 0.1) is 18.3 Å². The maximum atomic E-state index is 13.4. The fourth-order valence-electron chi connectivity index (χ4n) is 4.65. The zero-order valence-electron chi connectivity index (χ0n) is 18.6. The Balaban J connectivity index is 1.66. The zero-order valence-corrected chi connectivity index (χ0v) is 18.6. The van der Waals surface area contributed by atoms with Crippen molar-refractivity contribution in [2.45, 2.75) is 25.8 Å². The van der Waals surface area contributed by atoms with Gasteiger partial charge < -0.3 is 15.6 Å². The highest BCUT2D eigenvalue weighted by atomic mass is 16.2. The normalized spacial score (nSPS) is 16.0. The van der Waals surface area contributed by atoms with E-state index >= 15 is 0 Å². The van der Waals surface area contributed by atoms with Gasteiger partial charge in [-0.3, -0.25) is 4.79 Å². The molecule has 33 heavy (non-hydrogen) atoms. The number of nitrogens with zero attached hydrogens (tertiary/aromatic N) is 2. The van der Waals surface area contributed by atoms with Gasteiger partial charge in [-0.25, -0.2) is 0 Å². The van der Waals surface area contributed by atoms with Gasteiger partial charge in [0.1, 0.15) is 0 Å². The number of nitrogens with one attached hydrogen (secondary N) is 1. The number of likely N-dealkylation sites (tertiary alicyclic amines) is 1. The average Bonchev–Trinajstić information content (AvgIpc) is 3.26. The third-order valence-electron chi connectivity index (χ3n) is 6.48. The molecule has 0 spiro atoms. The highest BCUT2D eigenvalue weighted by Crippen LogP contribution is 2.37. The summed E-state index contributed by atoms with van der Waals surface area (Å²) >= 11 is 0. The molecule has 1 aliphatic heterocycles. The van der Waals surface area contributed by atoms with Gasteiger partial charge in [-0.05, 0) is 66.3 Å². The Morgan fingerprint density at radius 2 is 1.73 bits per heavy atom. The summed E-state index contributed by atoms with van der Waals surface area (Å²) in [5.41, 5.74) is 13.8. The van der Waals surface area contributed by atoms with Crippen molar-refractivity contribution in [3.8, 4) is 28.3 Å². The van der Waals surface area contributed by atoms with Gasteiger partial charge in [0.2, 0.25) is 0 Å². The second-order valence-electron chi connectivity index (χ2n) is 8.85. The molecule has 1 amide bonds. The van der Waals surface area contributed by atoms with Crippen LogP contribution in [0.2, 0.25) is 0 Å². The van der Waals surface area contributed by atoms with E-state index in [9.17, 15) is 10.1 Å². The largest absolute Gasteiger partial charge is 0.360 e. The monoisotopic (exact) mass is 434 g/mol. The van der Waals surface area contributed by atoms with E-state index in [1.807, 2.05) is 35.4 Å². The molecule has 1 atom stereocenters. The number of piperidine rings is 1. The van der Waals surface area contributed by atoms with Crippen LogP contribution in [0.15, 0.2) is 66.9 Å². The highest BCUT2D eigenvalue weighted by molar-refractivity contribution is 6.09. The van der Waals surface area contributed by atoms with E-state index in [0.29, 0.717) is 17.7 Å². The predicted octanol–water partition coefficient (Wildman–Crippen LogP) is 5.25. The van der Waals surface area contributed by atoms with Gasteiger partial charge in [-0.15, -0.1) is 0 Å². The Hall–Kier alpha value is -3.88. The van der Waals surface area contributed by atoms with Crippen molar-refractivity contribution in [1.29, 1.82) is 5.26 Å². The Labute approximate surface area is 193 Å². The van der Waals surface area contributed by atoms with E-state index in [1.165, 1.54) is 5.56 Å². The number of H-pyrrole nitrogens is 1. The van der Waals surface area contributed by atoms with Crippen molar-refractivity contribution in [1.82, 2.24) is 9.88 Å². The number of nitrogens with two attached hydrogens (primary N) is 1. The highest BCUT2D eigenvalue weighted by Gasteiger charge is 2.25. The first-order chi connectivity index (χ1) is 16.0. The molecule has 1 aromatic heterocycles. The minimum atomic E-state index is 0.0188. The second-order valence-corrected chi connectivity index (χ2v) is 8.85. The van der Waals surface area contributed by atoms with Crippen LogP contribution in [-0.2, 0) is 0 Å². The summed E-state index contributed by atoms with van der Waals surface area (Å²) in [6, 6.07) is 22.5. The van der Waals surface area contributed by atoms with Crippen LogP contribution in [-0.4, -0.2) is 34.9 Å². The summed E-state index contributed by atoms with van der Waals surface area (Å²) in [5, 5.41) is 10.1. The molecule has 5 nitrogen and oxygen atoms in total. The lowest BCUT2D eigenvalue weighted by Crippen LogP contribution is -2.45. The van der Waals surface area contributed by atoms with E-state index < -0.39 is 0 Å². The smallest absolute Gasteiger partial charge is 0.256 e. The molecule has 3 aromatic carbocycles. The quantitative estimate of drug-likeness (QED) is 0.462. The first-order valence-electron chi connectivity index (χ1n) is 11.3. The molecule has 0 radical (unpaired) electrons. The van der Waals surface area contributed by atoms with Gasteiger partial charge in [0.15, 0.2) is 0 Å². The van der Waals surface area contributed by atoms with E-state index in [0.717, 1.165) is 52.5 Å². The number of fused-ring (bicyclic) bond motifs is 1. The number of amides is 1. The van der Waals surface area contributed by atoms with Gasteiger partial charge >= 0.3 is 0 Å². The number of hydrogen-bond donors (Lipinski definition) is 2. The standard InChI is InChI=1S/C28H26N4O/c1-18-4-8-20(9-5-18)24-14-27-25(13-23(24)21-10-6-19(15-29)7-11-21)26(16-31-27)28(33)32-12-2-3-22(30)17-32/h4-11,13-14,16,22,31H,2-3,12,17,30H2,1H3/t22-/m0/s1. The van der Waals surface area contributed by atoms with Gasteiger partial charge in [0, 0.05) is 36.2 Å². The SMILES string of the molecule is Cc1ccc(-c2cc3[nH]cc(C(=O)N4CCC[C@H](N)C4)c3cc2-c2ccc(C#N)cc2)cc1. The predicted molar refractivity (Wildman–Crippen MR) is 132 cm³/mol. The number of carbonyl (C=O) groups is 1. The Morgan fingerprint density at radius 1 is 1.06 bits per heavy atom. The number of hydrogen-bond acceptors (Lipinski definition) is 3. The molecule has 0 bridgehead atoms. The Kier molecular flexibility index (Phi) is 5.45. The number of aryl methyl sites for hydroxylation is 1. The van der Waals surface area contributed by atoms with Crippen molar-refractivity contribution in [3.63, 3.8) is 0 Å². The minimum Gasteiger partial charge on any atom is -0.360 e. The summed E-state index contributed by atoms with van der Waals surface area (Å²) in [6.45, 7) is 3.41. The van der Waals surface area contributed by atoms with E-state index in [2.05, 4.69) is 54.4 Å². The number of benzene rings is 3. The number of nitriles is 1. The van der Waals surface area contributed by atoms with Crippen LogP contribution < -0.4 is 5.73 Å². The Bertz CT molecular complexity index is 1360. The summed E-state index contributed by atoms with van der Waals surface area (Å²) in [6.07, 6.45) is 3.71. The van der Waals surface area contributed by atoms with Crippen molar-refractivity contribution in [3.05, 3.63) is 83.6 Å². The van der Waals surface area contributed by atoms with Gasteiger partial charge in [-0.2, -0.15) is 5.26 Å². The second kappa shape index (κ2) is 8.57. The number of aromatic amines is 1. The molecular weight excluding hydrogens is 408 g/mol. The number of carbonyl (C=O) groups excluding carboxylic acids is 1. The maximum Gasteiger partial charge on any atom is 0.256 e. The van der Waals surface area contributed by atoms with Crippen molar-refractivity contribution < 1.29 is 4.79 Å². The molecule has 1 saturated heterocycles. The van der Waals surface area contributed by atoms with Gasteiger partial charge in [0.25, 0.3) is 5.91 Å². The lowest BCUT2D eigenvalue weighted by Gasteiger charge is -2.30. The summed E-state index contributed by atoms with van der Waals surface area (Å²) in [4.78, 5) is 18.5. The topological polar surface area (TPSA) is 85.9 Å². The summed E-state index contributed by atoms with van der Waals surface area (Å²) in [5.74, 6) is 0.0188. The number of aromatic nitrogens is 1. The van der Waals surface area contributed by atoms with Crippen molar-refractivity contribution in [2.75, 3.05) is 13.1 Å². The molecule has 0 aliphatic carbocycles. The fourth-order valence-corrected chi connectivity index (χ4v) is 4.65. The zero-order chi connectivity index (χ0) is 22.9. The van der Waals surface area contributed by atoms with Crippen molar-refractivity contribution >= 4 is 16.8 Å². The third kappa shape index (κ3) is 4.02. The molecule has 2 heterocycles. The van der Waals surface area contributed by atoms with Crippen LogP contribution in [0.25, 0.3) is 33.2 Å². The van der Waals surface area contributed by atoms with Crippen LogP contribution in [0.4, 0.5) is 0 Å². The van der Waals surface area contributed by atoms with E-state index in [-0.39, 0.29) is 11.9 Å². The third-order valence-corrected chi connectivity index (χ3v) is 6.48. The van der Waals surface area contributed by atoms with Gasteiger partial charge in [-0.1, -0.05) is 42.0 Å². The van der Waals surface area contributed by atoms with Crippen LogP contribution in [0.1, 0.15) is 34.3 Å². The van der Waals surface area contributed by atoms with Crippen molar-refractivity contribution in [2.24, 2.45) is 5.73 Å². The molecule has 3 N–H and O–H groups in total. The molecular formula is C28H26N4O. The molecule has 164 valence electrons. The molecule has 1 fully saturated rings. The minimum absolute atomic E-state index is 0.0188. The molecule has 5 heteroatoms.